The molecule has 1 heterocycles. The third-order valence-corrected chi connectivity index (χ3v) is 37.9. The van der Waals surface area contributed by atoms with Crippen LogP contribution >= 0.6 is 0 Å². The van der Waals surface area contributed by atoms with E-state index >= 15 is 0 Å². The lowest BCUT2D eigenvalue weighted by Crippen LogP contribution is -2.64. The van der Waals surface area contributed by atoms with Gasteiger partial charge in [0, 0.05) is 0 Å². The van der Waals surface area contributed by atoms with Gasteiger partial charge in [-0.05, 0) is 202 Å². The zero-order valence-corrected chi connectivity index (χ0v) is 51.9. The smallest absolute Gasteiger partial charge is 0.365 e. The first-order chi connectivity index (χ1) is 38.5. The summed E-state index contributed by atoms with van der Waals surface area (Å²) in [5.74, 6) is 0. The SMILES string of the molecule is C[Si]1(CCCc2cccc3ccccc23)O[Si](CCCc2cccc3ccccc23)O[Si](C)(CCCc2cccc3ccccc23)O[Si](C)(CCCc2cccc3ccccc23)O[Si](C)(CCCc2cccc3ccccc23)O1. The molecule has 1 saturated heterocycles. The van der Waals surface area contributed by atoms with Crippen LogP contribution in [0.1, 0.15) is 59.9 Å². The van der Waals surface area contributed by atoms with Gasteiger partial charge in [-0.1, -0.05) is 212 Å². The van der Waals surface area contributed by atoms with E-state index in [-0.39, 0.29) is 0 Å². The summed E-state index contributed by atoms with van der Waals surface area (Å²) in [6, 6.07) is 82.1. The van der Waals surface area contributed by atoms with Crippen molar-refractivity contribution >= 4 is 97.4 Å². The van der Waals surface area contributed by atoms with E-state index in [9.17, 15) is 0 Å². The Bertz CT molecular complexity index is 3460. The number of aryl methyl sites for hydroxylation is 5. The van der Waals surface area contributed by atoms with E-state index in [2.05, 4.69) is 239 Å². The van der Waals surface area contributed by atoms with E-state index in [1.54, 1.807) is 0 Å². The van der Waals surface area contributed by atoms with Crippen LogP contribution in [0.25, 0.3) is 53.9 Å². The fourth-order valence-corrected chi connectivity index (χ4v) is 38.2. The molecule has 1 aliphatic rings. The Morgan fingerprint density at radius 2 is 0.494 bits per heavy atom. The molecule has 403 valence electrons. The molecule has 0 aliphatic carbocycles. The minimum Gasteiger partial charge on any atom is -0.416 e. The Balaban J connectivity index is 0.956. The molecule has 11 rings (SSSR count). The van der Waals surface area contributed by atoms with Crippen LogP contribution in [0.2, 0.25) is 56.4 Å². The fourth-order valence-electron chi connectivity index (χ4n) is 12.8. The lowest BCUT2D eigenvalue weighted by Gasteiger charge is -2.48. The topological polar surface area (TPSA) is 46.2 Å². The van der Waals surface area contributed by atoms with E-state index in [0.29, 0.717) is 0 Å². The van der Waals surface area contributed by atoms with E-state index in [1.165, 1.54) is 81.7 Å². The number of hydrogen-bond acceptors (Lipinski definition) is 5. The highest BCUT2D eigenvalue weighted by molar-refractivity contribution is 6.91. The first-order valence-corrected chi connectivity index (χ1v) is 40.8. The van der Waals surface area contributed by atoms with Crippen LogP contribution in [0.15, 0.2) is 212 Å². The molecule has 79 heavy (non-hydrogen) atoms. The number of hydrogen-bond donors (Lipinski definition) is 0. The summed E-state index contributed by atoms with van der Waals surface area (Å²) in [7, 11) is -14.2. The highest BCUT2D eigenvalue weighted by atomic mass is 28.5. The van der Waals surface area contributed by atoms with Crippen molar-refractivity contribution in [3.05, 3.63) is 240 Å². The lowest BCUT2D eigenvalue weighted by atomic mass is 10.0. The van der Waals surface area contributed by atoms with Crippen molar-refractivity contribution in [3.8, 4) is 0 Å². The highest BCUT2D eigenvalue weighted by Crippen LogP contribution is 2.39. The molecular weight excluding hydrogens is 1050 g/mol. The summed E-state index contributed by atoms with van der Waals surface area (Å²) >= 11 is 0. The summed E-state index contributed by atoms with van der Waals surface area (Å²) in [5, 5.41) is 13.1. The maximum absolute atomic E-state index is 8.06. The molecule has 5 nitrogen and oxygen atoms in total. The van der Waals surface area contributed by atoms with Crippen molar-refractivity contribution in [1.82, 2.24) is 0 Å². The number of benzene rings is 10. The first-order valence-electron chi connectivity index (χ1n) is 29.2. The Labute approximate surface area is 475 Å². The van der Waals surface area contributed by atoms with Crippen molar-refractivity contribution in [1.29, 1.82) is 0 Å². The summed E-state index contributed by atoms with van der Waals surface area (Å²) in [6.07, 6.45) is 9.53. The van der Waals surface area contributed by atoms with Crippen molar-refractivity contribution in [2.45, 2.75) is 121 Å². The number of rotatable bonds is 20. The van der Waals surface area contributed by atoms with E-state index in [4.69, 9.17) is 20.6 Å². The molecule has 10 heteroatoms. The molecule has 0 spiro atoms. The Morgan fingerprint density at radius 1 is 0.266 bits per heavy atom. The summed E-state index contributed by atoms with van der Waals surface area (Å²) < 4.78 is 39.8. The Morgan fingerprint density at radius 3 is 0.785 bits per heavy atom. The second-order valence-electron chi connectivity index (χ2n) is 22.9. The zero-order valence-electron chi connectivity index (χ0n) is 46.9. The van der Waals surface area contributed by atoms with E-state index in [1.807, 2.05) is 0 Å². The Hall–Kier alpha value is -5.62. The van der Waals surface area contributed by atoms with Crippen LogP contribution in [-0.4, -0.2) is 43.5 Å². The van der Waals surface area contributed by atoms with E-state index in [0.717, 1.165) is 94.4 Å². The molecule has 10 aromatic carbocycles. The Kier molecular flexibility index (Phi) is 17.5. The molecular formula is C69H77O5Si5. The van der Waals surface area contributed by atoms with Gasteiger partial charge >= 0.3 is 43.5 Å². The van der Waals surface area contributed by atoms with Crippen LogP contribution in [0, 0.1) is 0 Å². The van der Waals surface area contributed by atoms with Crippen LogP contribution < -0.4 is 0 Å². The molecule has 0 N–H and O–H groups in total. The standard InChI is InChI=1S/C69H77O5Si5/c1-76(51-21-41-61-36-16-31-56-26-6-11-46-66(56)61)70-75(50-20-40-60-35-15-30-55-25-5-10-45-65(55)60)71-77(2,52-22-42-62-37-17-32-57-27-7-12-47-67(57)62)73-79(4,54-24-44-64-39-19-34-59-29-9-14-49-69(59)64)74-78(3,72-76)53-23-43-63-38-18-33-58-28-8-13-48-68(58)63/h5-19,25-39,45-49H,20-24,40-44,50-54H2,1-4H3. The molecule has 1 aliphatic heterocycles. The first kappa shape index (κ1) is 55.3. The minimum atomic E-state index is -3.08. The second-order valence-corrected chi connectivity index (χ2v) is 39.3. The maximum atomic E-state index is 8.06. The largest absolute Gasteiger partial charge is 0.416 e. The average Bonchev–Trinajstić information content (AvgIpc) is 3.53. The summed E-state index contributed by atoms with van der Waals surface area (Å²) in [6.45, 7) is 9.50. The quantitative estimate of drug-likeness (QED) is 0.0712. The third kappa shape index (κ3) is 13.8. The van der Waals surface area contributed by atoms with Crippen molar-refractivity contribution in [3.63, 3.8) is 0 Å². The van der Waals surface area contributed by atoms with Gasteiger partial charge in [0.2, 0.25) is 0 Å². The van der Waals surface area contributed by atoms with E-state index < -0.39 is 43.5 Å². The molecule has 10 aromatic rings. The van der Waals surface area contributed by atoms with Crippen molar-refractivity contribution < 1.29 is 20.6 Å². The molecule has 0 aromatic heterocycles. The normalized spacial score (nSPS) is 21.3. The van der Waals surface area contributed by atoms with Crippen LogP contribution in [-0.2, 0) is 52.7 Å². The van der Waals surface area contributed by atoms with Crippen LogP contribution in [0.5, 0.6) is 0 Å². The highest BCUT2D eigenvalue weighted by Gasteiger charge is 2.54. The van der Waals surface area contributed by atoms with Crippen molar-refractivity contribution in [2.24, 2.45) is 0 Å². The van der Waals surface area contributed by atoms with Gasteiger partial charge in [0.05, 0.1) is 0 Å². The molecule has 0 saturated carbocycles. The van der Waals surface area contributed by atoms with Gasteiger partial charge in [0.25, 0.3) is 0 Å². The molecule has 1 fully saturated rings. The monoisotopic (exact) mass is 1130 g/mol. The second kappa shape index (κ2) is 25.0. The van der Waals surface area contributed by atoms with Gasteiger partial charge in [-0.25, -0.2) is 0 Å². The fraction of sp³-hybridized carbons (Fsp3) is 0.275. The van der Waals surface area contributed by atoms with Crippen LogP contribution in [0.3, 0.4) is 0 Å². The van der Waals surface area contributed by atoms with Gasteiger partial charge in [-0.2, -0.15) is 0 Å². The molecule has 0 bridgehead atoms. The van der Waals surface area contributed by atoms with Gasteiger partial charge in [-0.3, -0.25) is 0 Å². The number of fused-ring (bicyclic) bond motifs is 5. The molecule has 0 amide bonds. The lowest BCUT2D eigenvalue weighted by molar-refractivity contribution is 0.231. The predicted octanol–water partition coefficient (Wildman–Crippen LogP) is 18.8. The van der Waals surface area contributed by atoms with Gasteiger partial charge in [0.1, 0.15) is 0 Å². The van der Waals surface area contributed by atoms with Gasteiger partial charge in [-0.15, -0.1) is 0 Å². The minimum absolute atomic E-state index is 0.845. The molecule has 4 unspecified atom stereocenters. The predicted molar refractivity (Wildman–Crippen MR) is 343 cm³/mol. The molecule has 4 atom stereocenters. The van der Waals surface area contributed by atoms with Crippen molar-refractivity contribution in [2.75, 3.05) is 0 Å². The summed E-state index contributed by atoms with van der Waals surface area (Å²) in [4.78, 5) is 0. The van der Waals surface area contributed by atoms with Crippen LogP contribution in [0.4, 0.5) is 0 Å². The third-order valence-electron chi connectivity index (χ3n) is 16.5. The molecule has 1 radical (unpaired) electrons. The average molecular weight is 1130 g/mol. The van der Waals surface area contributed by atoms with Gasteiger partial charge < -0.3 is 20.6 Å². The summed E-state index contributed by atoms with van der Waals surface area (Å²) in [5.41, 5.74) is 6.90. The van der Waals surface area contributed by atoms with Gasteiger partial charge in [0.15, 0.2) is 0 Å². The zero-order chi connectivity index (χ0) is 54.1. The maximum Gasteiger partial charge on any atom is 0.365 e.